The summed E-state index contributed by atoms with van der Waals surface area (Å²) in [5.74, 6) is 3.76. The molecule has 0 fully saturated rings. The Labute approximate surface area is 565 Å². The number of aromatic nitrogens is 6. The van der Waals surface area contributed by atoms with E-state index < -0.39 is 0 Å². The summed E-state index contributed by atoms with van der Waals surface area (Å²) in [5, 5.41) is 4.87. The maximum Gasteiger partial charge on any atom is 0.165 e. The second-order valence-corrected chi connectivity index (χ2v) is 26.2. The molecule has 0 bridgehead atoms. The van der Waals surface area contributed by atoms with Crippen LogP contribution in [-0.2, 0) is 12.8 Å². The smallest absolute Gasteiger partial charge is 0.165 e. The topological polar surface area (TPSA) is 77.3 Å². The quantitative estimate of drug-likeness (QED) is 0.108. The standard InChI is InChI=1S/C88H60N6S2/c1-3-55-23-14-15-36-69(55)70-50-49-68(51-56(70)4-2)87-91-84(60-28-12-7-13-29-60)93-88(94-87)78-44-22-43-77-76-42-21-39-73(81(76)96-82(77)78)66-34-17-31-63(53-66)64-32-18-35-67(54-64)86-90-83(59-26-10-6-11-27-59)89-85(92-86)61-47-45-58(46-48-61)71-37-19-40-74-75-41-20-38-72(80(75)95-79(71)74)65-33-16-30-62(52-65)57-24-8-5-9-25-57/h5-54H,3-4H2,1-2H3. The maximum absolute atomic E-state index is 5.34. The second-order valence-electron chi connectivity index (χ2n) is 24.2. The van der Waals surface area contributed by atoms with Crippen molar-refractivity contribution in [1.82, 2.24) is 29.9 Å². The van der Waals surface area contributed by atoms with Crippen LogP contribution in [0.1, 0.15) is 25.0 Å². The van der Waals surface area contributed by atoms with Crippen LogP contribution in [0, 0.1) is 0 Å². The van der Waals surface area contributed by atoms with Crippen molar-refractivity contribution < 1.29 is 0 Å². The van der Waals surface area contributed by atoms with Gasteiger partial charge < -0.3 is 0 Å². The molecule has 4 heterocycles. The molecule has 0 aliphatic carbocycles. The summed E-state index contributed by atoms with van der Waals surface area (Å²) in [6.45, 7) is 4.45. The lowest BCUT2D eigenvalue weighted by atomic mass is 9.92. The molecule has 13 aromatic carbocycles. The predicted molar refractivity (Wildman–Crippen MR) is 403 cm³/mol. The molecule has 0 radical (unpaired) electrons. The van der Waals surface area contributed by atoms with Gasteiger partial charge >= 0.3 is 0 Å². The molecule has 0 unspecified atom stereocenters. The summed E-state index contributed by atoms with van der Waals surface area (Å²) in [6, 6.07) is 108. The Balaban J connectivity index is 0.700. The molecule has 8 heteroatoms. The molecular weight excluding hydrogens is 1210 g/mol. The fourth-order valence-electron chi connectivity index (χ4n) is 13.6. The van der Waals surface area contributed by atoms with Crippen LogP contribution in [-0.4, -0.2) is 29.9 Å². The molecule has 4 aromatic heterocycles. The van der Waals surface area contributed by atoms with Crippen molar-refractivity contribution in [3.05, 3.63) is 314 Å². The van der Waals surface area contributed by atoms with E-state index in [9.17, 15) is 0 Å². The van der Waals surface area contributed by atoms with E-state index in [1.54, 1.807) is 11.3 Å². The van der Waals surface area contributed by atoms with E-state index in [1.807, 2.05) is 47.7 Å². The van der Waals surface area contributed by atoms with Crippen molar-refractivity contribution in [3.63, 3.8) is 0 Å². The van der Waals surface area contributed by atoms with Gasteiger partial charge in [0.1, 0.15) is 0 Å². The number of nitrogens with zero attached hydrogens (tertiary/aromatic N) is 6. The first kappa shape index (κ1) is 58.2. The minimum atomic E-state index is 0.602. The predicted octanol–water partition coefficient (Wildman–Crippen LogP) is 23.9. The number of aryl methyl sites for hydroxylation is 2. The van der Waals surface area contributed by atoms with E-state index in [0.717, 1.165) is 84.1 Å². The number of hydrogen-bond acceptors (Lipinski definition) is 8. The summed E-state index contributed by atoms with van der Waals surface area (Å²) < 4.78 is 4.88. The van der Waals surface area contributed by atoms with Gasteiger partial charge in [0.25, 0.3) is 0 Å². The van der Waals surface area contributed by atoms with Gasteiger partial charge in [-0.2, -0.15) is 0 Å². The fourth-order valence-corrected chi connectivity index (χ4v) is 16.3. The lowest BCUT2D eigenvalue weighted by Crippen LogP contribution is -2.01. The van der Waals surface area contributed by atoms with Gasteiger partial charge in [0, 0.05) is 73.7 Å². The summed E-state index contributed by atoms with van der Waals surface area (Å²) >= 11 is 3.66. The van der Waals surface area contributed by atoms with Gasteiger partial charge in [-0.3, -0.25) is 0 Å². The third-order valence-corrected chi connectivity index (χ3v) is 21.0. The third-order valence-electron chi connectivity index (χ3n) is 18.4. The van der Waals surface area contributed by atoms with Gasteiger partial charge in [0.15, 0.2) is 34.9 Å². The summed E-state index contributed by atoms with van der Waals surface area (Å²) in [5.41, 5.74) is 22.4. The zero-order valence-corrected chi connectivity index (χ0v) is 54.4. The Bertz CT molecular complexity index is 5800. The van der Waals surface area contributed by atoms with Crippen molar-refractivity contribution in [1.29, 1.82) is 0 Å². The van der Waals surface area contributed by atoms with Crippen molar-refractivity contribution in [2.75, 3.05) is 0 Å². The molecule has 0 aliphatic rings. The van der Waals surface area contributed by atoms with Crippen LogP contribution in [0.5, 0.6) is 0 Å². The van der Waals surface area contributed by atoms with Crippen LogP contribution in [0.25, 0.3) is 175 Å². The van der Waals surface area contributed by atoms with Crippen molar-refractivity contribution >= 4 is 63.0 Å². The first-order chi connectivity index (χ1) is 47.5. The molecule has 0 saturated carbocycles. The molecule has 0 aliphatic heterocycles. The SMILES string of the molecule is CCc1ccccc1-c1ccc(-c2nc(-c3ccccc3)nc(-c3cccc4c3sc3c(-c5cccc(-c6cccc(-c7nc(-c8ccccc8)nc(-c8ccc(-c9cccc%10c9sc9c(-c%11cccc(-c%12ccccc%12)c%11)cccc9%10)cc8)n7)c6)c5)cccc34)n2)cc1CC. The number of thiophene rings is 2. The molecule has 17 aromatic rings. The van der Waals surface area contributed by atoms with Gasteiger partial charge in [-0.15, -0.1) is 22.7 Å². The normalized spacial score (nSPS) is 11.5. The minimum absolute atomic E-state index is 0.602. The minimum Gasteiger partial charge on any atom is -0.208 e. The van der Waals surface area contributed by atoms with E-state index >= 15 is 0 Å². The van der Waals surface area contributed by atoms with Crippen LogP contribution < -0.4 is 0 Å². The molecule has 0 spiro atoms. The molecular formula is C88H60N6S2. The maximum atomic E-state index is 5.34. The van der Waals surface area contributed by atoms with Crippen LogP contribution >= 0.6 is 22.7 Å². The summed E-state index contributed by atoms with van der Waals surface area (Å²) in [4.78, 5) is 31.4. The second kappa shape index (κ2) is 25.0. The number of benzene rings is 13. The van der Waals surface area contributed by atoms with Crippen molar-refractivity contribution in [2.45, 2.75) is 26.7 Å². The molecule has 0 N–H and O–H groups in total. The monoisotopic (exact) mass is 1260 g/mol. The molecule has 17 rings (SSSR count). The molecule has 6 nitrogen and oxygen atoms in total. The van der Waals surface area contributed by atoms with E-state index in [2.05, 4.69) is 281 Å². The van der Waals surface area contributed by atoms with Crippen molar-refractivity contribution in [3.8, 4) is 135 Å². The van der Waals surface area contributed by atoms with Gasteiger partial charge in [-0.1, -0.05) is 287 Å². The number of rotatable bonds is 14. The Morgan fingerprint density at radius 3 is 1.00 bits per heavy atom. The highest BCUT2D eigenvalue weighted by Crippen LogP contribution is 2.47. The van der Waals surface area contributed by atoms with E-state index in [-0.39, 0.29) is 0 Å². The Hall–Kier alpha value is -11.7. The zero-order valence-electron chi connectivity index (χ0n) is 52.8. The molecule has 0 amide bonds. The van der Waals surface area contributed by atoms with Crippen LogP contribution in [0.3, 0.4) is 0 Å². The first-order valence-electron chi connectivity index (χ1n) is 32.7. The van der Waals surface area contributed by atoms with Gasteiger partial charge in [-0.05, 0) is 121 Å². The Kier molecular flexibility index (Phi) is 15.1. The molecule has 0 atom stereocenters. The highest BCUT2D eigenvalue weighted by atomic mass is 32.1. The van der Waals surface area contributed by atoms with Gasteiger partial charge in [0.2, 0.25) is 0 Å². The van der Waals surface area contributed by atoms with Crippen molar-refractivity contribution in [2.24, 2.45) is 0 Å². The van der Waals surface area contributed by atoms with Crippen LogP contribution in [0.15, 0.2) is 303 Å². The van der Waals surface area contributed by atoms with E-state index in [1.165, 1.54) is 80.3 Å². The molecule has 0 saturated heterocycles. The summed E-state index contributed by atoms with van der Waals surface area (Å²) in [7, 11) is 0. The lowest BCUT2D eigenvalue weighted by Gasteiger charge is -2.14. The first-order valence-corrected chi connectivity index (χ1v) is 34.3. The highest BCUT2D eigenvalue weighted by Gasteiger charge is 2.22. The van der Waals surface area contributed by atoms with Crippen LogP contribution in [0.2, 0.25) is 0 Å². The van der Waals surface area contributed by atoms with E-state index in [4.69, 9.17) is 29.9 Å². The Morgan fingerprint density at radius 1 is 0.198 bits per heavy atom. The molecule has 454 valence electrons. The van der Waals surface area contributed by atoms with Gasteiger partial charge in [0.05, 0.1) is 0 Å². The number of fused-ring (bicyclic) bond motifs is 6. The third kappa shape index (κ3) is 10.8. The largest absolute Gasteiger partial charge is 0.208 e. The molecule has 96 heavy (non-hydrogen) atoms. The highest BCUT2D eigenvalue weighted by molar-refractivity contribution is 7.27. The van der Waals surface area contributed by atoms with Crippen LogP contribution in [0.4, 0.5) is 0 Å². The summed E-state index contributed by atoms with van der Waals surface area (Å²) in [6.07, 6.45) is 1.84. The number of hydrogen-bond donors (Lipinski definition) is 0. The van der Waals surface area contributed by atoms with E-state index in [0.29, 0.717) is 34.9 Å². The Morgan fingerprint density at radius 2 is 0.500 bits per heavy atom. The zero-order chi connectivity index (χ0) is 64.1. The fraction of sp³-hybridized carbons (Fsp3) is 0.0455. The average molecular weight is 1270 g/mol. The van der Waals surface area contributed by atoms with Gasteiger partial charge in [-0.25, -0.2) is 29.9 Å². The average Bonchev–Trinajstić information content (AvgIpc) is 1.58. The lowest BCUT2D eigenvalue weighted by molar-refractivity contribution is 1.07.